The van der Waals surface area contributed by atoms with E-state index in [0.29, 0.717) is 18.8 Å². The summed E-state index contributed by atoms with van der Waals surface area (Å²) in [7, 11) is 0. The Morgan fingerprint density at radius 3 is 2.73 bits per heavy atom. The Balaban J connectivity index is 1.52. The van der Waals surface area contributed by atoms with Crippen molar-refractivity contribution in [1.29, 1.82) is 0 Å². The van der Waals surface area contributed by atoms with Gasteiger partial charge in [0, 0.05) is 25.4 Å². The molecule has 1 aromatic carbocycles. The lowest BCUT2D eigenvalue weighted by atomic mass is 10.1. The van der Waals surface area contributed by atoms with Gasteiger partial charge in [-0.3, -0.25) is 14.2 Å². The largest absolute Gasteiger partial charge is 0.476 e. The van der Waals surface area contributed by atoms with Crippen LogP contribution in [0, 0.1) is 6.92 Å². The van der Waals surface area contributed by atoms with Gasteiger partial charge in [-0.2, -0.15) is 10.2 Å². The average Bonchev–Trinajstić information content (AvgIpc) is 3.25. The van der Waals surface area contributed by atoms with Crippen molar-refractivity contribution in [2.75, 3.05) is 5.32 Å². The van der Waals surface area contributed by atoms with Gasteiger partial charge in [0.2, 0.25) is 5.91 Å². The van der Waals surface area contributed by atoms with Gasteiger partial charge in [-0.05, 0) is 24.1 Å². The number of aromatic carboxylic acids is 1. The van der Waals surface area contributed by atoms with Crippen LogP contribution < -0.4 is 5.32 Å². The second kappa shape index (κ2) is 7.64. The Kier molecular flexibility index (Phi) is 5.12. The second-order valence-electron chi connectivity index (χ2n) is 5.92. The highest BCUT2D eigenvalue weighted by Crippen LogP contribution is 2.11. The smallest absolute Gasteiger partial charge is 0.356 e. The molecule has 0 fully saturated rings. The molecule has 0 atom stereocenters. The Hall–Kier alpha value is -3.42. The lowest BCUT2D eigenvalue weighted by Gasteiger charge is -2.05. The van der Waals surface area contributed by atoms with E-state index in [0.717, 1.165) is 0 Å². The normalized spacial score (nSPS) is 10.7. The minimum absolute atomic E-state index is 0.0390. The number of carbonyl (C=O) groups excluding carboxylic acids is 1. The van der Waals surface area contributed by atoms with E-state index in [-0.39, 0.29) is 18.0 Å². The van der Waals surface area contributed by atoms with E-state index in [1.54, 1.807) is 17.1 Å². The lowest BCUT2D eigenvalue weighted by Crippen LogP contribution is -2.14. The Labute approximate surface area is 150 Å². The maximum atomic E-state index is 12.0. The number of carbonyl (C=O) groups is 2. The molecular formula is C18H19N5O3. The molecule has 0 saturated carbocycles. The van der Waals surface area contributed by atoms with E-state index < -0.39 is 5.97 Å². The van der Waals surface area contributed by atoms with Crippen LogP contribution in [0.3, 0.4) is 0 Å². The molecule has 3 aromatic rings. The topological polar surface area (TPSA) is 102 Å². The molecule has 26 heavy (non-hydrogen) atoms. The van der Waals surface area contributed by atoms with Gasteiger partial charge in [0.15, 0.2) is 5.69 Å². The molecule has 1 amide bonds. The van der Waals surface area contributed by atoms with E-state index in [1.807, 2.05) is 31.2 Å². The molecule has 0 aliphatic carbocycles. The number of hydrogen-bond donors (Lipinski definition) is 2. The summed E-state index contributed by atoms with van der Waals surface area (Å²) < 4.78 is 3.20. The van der Waals surface area contributed by atoms with Crippen LogP contribution in [0.4, 0.5) is 5.69 Å². The summed E-state index contributed by atoms with van der Waals surface area (Å²) in [6, 6.07) is 9.47. The first-order chi connectivity index (χ1) is 12.5. The molecule has 0 unspecified atom stereocenters. The number of aryl methyl sites for hydroxylation is 2. The number of amides is 1. The lowest BCUT2D eigenvalue weighted by molar-refractivity contribution is -0.116. The minimum atomic E-state index is -1.09. The van der Waals surface area contributed by atoms with Gasteiger partial charge < -0.3 is 10.4 Å². The first kappa shape index (κ1) is 17.4. The van der Waals surface area contributed by atoms with Gasteiger partial charge in [-0.15, -0.1) is 0 Å². The minimum Gasteiger partial charge on any atom is -0.476 e. The summed E-state index contributed by atoms with van der Waals surface area (Å²) in [5.41, 5.74) is 2.94. The van der Waals surface area contributed by atoms with E-state index in [9.17, 15) is 9.59 Å². The van der Waals surface area contributed by atoms with Crippen LogP contribution in [0.2, 0.25) is 0 Å². The third kappa shape index (κ3) is 4.35. The number of carboxylic acids is 1. The monoisotopic (exact) mass is 353 g/mol. The molecule has 0 spiro atoms. The van der Waals surface area contributed by atoms with Crippen LogP contribution in [0.5, 0.6) is 0 Å². The fourth-order valence-corrected chi connectivity index (χ4v) is 2.52. The van der Waals surface area contributed by atoms with Gasteiger partial charge >= 0.3 is 5.97 Å². The zero-order chi connectivity index (χ0) is 18.5. The van der Waals surface area contributed by atoms with Gasteiger partial charge in [0.05, 0.1) is 18.4 Å². The number of carboxylic acid groups (broad SMARTS) is 1. The van der Waals surface area contributed by atoms with Crippen LogP contribution in [0.25, 0.3) is 0 Å². The first-order valence-corrected chi connectivity index (χ1v) is 8.15. The summed E-state index contributed by atoms with van der Waals surface area (Å²) in [6.07, 6.45) is 5.11. The van der Waals surface area contributed by atoms with Crippen molar-refractivity contribution in [3.05, 3.63) is 65.7 Å². The summed E-state index contributed by atoms with van der Waals surface area (Å²) in [5.74, 6) is -1.28. The second-order valence-corrected chi connectivity index (χ2v) is 5.92. The highest BCUT2D eigenvalue weighted by atomic mass is 16.4. The molecule has 0 bridgehead atoms. The third-order valence-electron chi connectivity index (χ3n) is 3.94. The third-order valence-corrected chi connectivity index (χ3v) is 3.94. The van der Waals surface area contributed by atoms with Crippen LogP contribution >= 0.6 is 0 Å². The Morgan fingerprint density at radius 2 is 2.00 bits per heavy atom. The molecule has 8 heteroatoms. The highest BCUT2D eigenvalue weighted by Gasteiger charge is 2.09. The summed E-state index contributed by atoms with van der Waals surface area (Å²) in [6.45, 7) is 2.98. The molecule has 8 nitrogen and oxygen atoms in total. The van der Waals surface area contributed by atoms with Crippen LogP contribution in [0.1, 0.15) is 28.0 Å². The number of aromatic nitrogens is 4. The van der Waals surface area contributed by atoms with Crippen molar-refractivity contribution in [3.8, 4) is 0 Å². The number of nitrogens with one attached hydrogen (secondary N) is 1. The molecule has 0 radical (unpaired) electrons. The predicted molar refractivity (Wildman–Crippen MR) is 94.9 cm³/mol. The quantitative estimate of drug-likeness (QED) is 0.678. The van der Waals surface area contributed by atoms with Gasteiger partial charge in [-0.1, -0.05) is 24.3 Å². The molecule has 2 N–H and O–H groups in total. The number of rotatable bonds is 7. The molecule has 134 valence electrons. The molecule has 0 aliphatic rings. The zero-order valence-corrected chi connectivity index (χ0v) is 14.3. The fourth-order valence-electron chi connectivity index (χ4n) is 2.52. The summed E-state index contributed by atoms with van der Waals surface area (Å²) >= 11 is 0. The number of anilines is 1. The van der Waals surface area contributed by atoms with Crippen molar-refractivity contribution in [1.82, 2.24) is 19.6 Å². The number of hydrogen-bond acceptors (Lipinski definition) is 4. The van der Waals surface area contributed by atoms with Crippen molar-refractivity contribution >= 4 is 17.6 Å². The van der Waals surface area contributed by atoms with E-state index in [1.165, 1.54) is 28.1 Å². The number of benzene rings is 1. The fraction of sp³-hybridized carbons (Fsp3) is 0.222. The Morgan fingerprint density at radius 1 is 1.19 bits per heavy atom. The van der Waals surface area contributed by atoms with Crippen molar-refractivity contribution in [3.63, 3.8) is 0 Å². The van der Waals surface area contributed by atoms with Gasteiger partial charge in [-0.25, -0.2) is 4.79 Å². The zero-order valence-electron chi connectivity index (χ0n) is 14.3. The van der Waals surface area contributed by atoms with Crippen LogP contribution in [-0.2, 0) is 17.9 Å². The molecular weight excluding hydrogens is 334 g/mol. The van der Waals surface area contributed by atoms with Crippen LogP contribution in [0.15, 0.2) is 48.9 Å². The molecule has 2 heterocycles. The van der Waals surface area contributed by atoms with Crippen molar-refractivity contribution in [2.45, 2.75) is 26.4 Å². The first-order valence-electron chi connectivity index (χ1n) is 8.15. The van der Waals surface area contributed by atoms with Crippen molar-refractivity contribution in [2.24, 2.45) is 0 Å². The van der Waals surface area contributed by atoms with E-state index in [4.69, 9.17) is 5.11 Å². The predicted octanol–water partition coefficient (Wildman–Crippen LogP) is 2.16. The van der Waals surface area contributed by atoms with Gasteiger partial charge in [0.25, 0.3) is 0 Å². The molecule has 0 aliphatic heterocycles. The Bertz CT molecular complexity index is 928. The van der Waals surface area contributed by atoms with E-state index >= 15 is 0 Å². The average molecular weight is 353 g/mol. The molecule has 3 rings (SSSR count). The maximum absolute atomic E-state index is 12.0. The van der Waals surface area contributed by atoms with Crippen LogP contribution in [-0.4, -0.2) is 36.5 Å². The summed E-state index contributed by atoms with van der Waals surface area (Å²) in [5, 5.41) is 19.7. The molecule has 0 saturated heterocycles. The SMILES string of the molecule is Cc1ccccc1Cn1cc(NC(=O)CCn2ccc(C(=O)O)n2)cn1. The highest BCUT2D eigenvalue weighted by molar-refractivity contribution is 5.90. The maximum Gasteiger partial charge on any atom is 0.356 e. The van der Waals surface area contributed by atoms with Gasteiger partial charge in [0.1, 0.15) is 0 Å². The number of nitrogens with zero attached hydrogens (tertiary/aromatic N) is 4. The molecule has 2 aromatic heterocycles. The van der Waals surface area contributed by atoms with Crippen molar-refractivity contribution < 1.29 is 14.7 Å². The standard InChI is InChI=1S/C18H19N5O3/c1-13-4-2-3-5-14(13)11-23-12-15(10-19-23)20-17(24)7-9-22-8-6-16(21-22)18(25)26/h2-6,8,10,12H,7,9,11H2,1H3,(H,20,24)(H,25,26). The van der Waals surface area contributed by atoms with E-state index in [2.05, 4.69) is 15.5 Å². The summed E-state index contributed by atoms with van der Waals surface area (Å²) in [4.78, 5) is 22.8.